The average molecular weight is 1550 g/mol. The van der Waals surface area contributed by atoms with Gasteiger partial charge >= 0.3 is 30.4 Å². The van der Waals surface area contributed by atoms with Gasteiger partial charge in [0.1, 0.15) is 75.2 Å². The summed E-state index contributed by atoms with van der Waals surface area (Å²) in [5.41, 5.74) is 1.59. The number of ether oxygens (including phenoxy) is 3. The molecule has 0 radical (unpaired) electrons. The molecule has 0 spiro atoms. The fourth-order valence-electron chi connectivity index (χ4n) is 11.8. The summed E-state index contributed by atoms with van der Waals surface area (Å²) < 4.78 is 153. The molecule has 33 heteroatoms. The maximum atomic E-state index is 14.7. The van der Waals surface area contributed by atoms with Gasteiger partial charge in [0, 0.05) is 92.7 Å². The van der Waals surface area contributed by atoms with E-state index in [-0.39, 0.29) is 56.4 Å². The number of hydrogen-bond acceptors (Lipinski definition) is 15. The van der Waals surface area contributed by atoms with Gasteiger partial charge in [-0.25, -0.2) is 46.9 Å². The molecule has 0 atom stereocenters. The van der Waals surface area contributed by atoms with Gasteiger partial charge in [0.05, 0.1) is 89.9 Å². The minimum Gasteiger partial charge on any atom is -0.457 e. The smallest absolute Gasteiger partial charge is 0.417 e. The minimum absolute atomic E-state index is 0.0658. The SMILES string of the molecule is O=C(Nc1ccc(Cl)c(C(F)(F)F)c1)Nc1ccc(Oc2ccc3ncc(N4CCCC4)nc3c2)cc1F.O=C(Nc1ccc(Cl)c(F)c1)Nc1ccc(Oc2ccc3ncc(N4CCCC4)nc3c2)cc1F.O=C(Nc1cccc(C(F)(F)F)c1)Nc1ccc(Oc2ccc3ncc(N4CCCC4)nc3c2)cc1F. The van der Waals surface area contributed by atoms with Crippen LogP contribution in [0.1, 0.15) is 49.7 Å². The van der Waals surface area contributed by atoms with Gasteiger partial charge in [0.25, 0.3) is 0 Å². The summed E-state index contributed by atoms with van der Waals surface area (Å²) in [5.74, 6) is 1.39. The molecule has 9 aromatic carbocycles. The second kappa shape index (κ2) is 33.3. The second-order valence-corrected chi connectivity index (χ2v) is 25.9. The van der Waals surface area contributed by atoms with Crippen LogP contribution in [0.5, 0.6) is 34.5 Å². The zero-order valence-electron chi connectivity index (χ0n) is 57.4. The van der Waals surface area contributed by atoms with E-state index in [1.807, 2.05) is 0 Å². The van der Waals surface area contributed by atoms with Crippen LogP contribution in [0, 0.1) is 23.3 Å². The van der Waals surface area contributed by atoms with Crippen LogP contribution >= 0.6 is 23.2 Å². The first-order valence-corrected chi connectivity index (χ1v) is 34.8. The first kappa shape index (κ1) is 75.7. The van der Waals surface area contributed by atoms with Crippen molar-refractivity contribution in [3.8, 4) is 34.5 Å². The highest BCUT2D eigenvalue weighted by molar-refractivity contribution is 6.31. The molecular weight excluding hydrogens is 1490 g/mol. The summed E-state index contributed by atoms with van der Waals surface area (Å²) >= 11 is 11.2. The van der Waals surface area contributed by atoms with E-state index in [0.717, 1.165) is 149 Å². The van der Waals surface area contributed by atoms with Gasteiger partial charge in [0.2, 0.25) is 0 Å². The van der Waals surface area contributed by atoms with Crippen molar-refractivity contribution in [1.29, 1.82) is 0 Å². The number of aromatic nitrogens is 6. The normalized spacial score (nSPS) is 13.4. The van der Waals surface area contributed by atoms with Gasteiger partial charge in [-0.3, -0.25) is 15.0 Å². The average Bonchev–Trinajstić information content (AvgIpc) is 1.31. The van der Waals surface area contributed by atoms with Crippen LogP contribution in [0.2, 0.25) is 10.0 Å². The lowest BCUT2D eigenvalue weighted by atomic mass is 10.2. The number of fused-ring (bicyclic) bond motifs is 3. The predicted octanol–water partition coefficient (Wildman–Crippen LogP) is 20.9. The monoisotopic (exact) mass is 1550 g/mol. The highest BCUT2D eigenvalue weighted by Gasteiger charge is 2.34. The van der Waals surface area contributed by atoms with E-state index < -0.39 is 69.9 Å². The van der Waals surface area contributed by atoms with Crippen LogP contribution in [0.3, 0.4) is 0 Å². The lowest BCUT2D eigenvalue weighted by Crippen LogP contribution is -2.20. The van der Waals surface area contributed by atoms with Gasteiger partial charge in [-0.05, 0) is 166 Å². The Morgan fingerprint density at radius 3 is 1.03 bits per heavy atom. The van der Waals surface area contributed by atoms with Crippen LogP contribution in [0.15, 0.2) is 188 Å². The van der Waals surface area contributed by atoms with E-state index in [1.165, 1.54) is 60.7 Å². The summed E-state index contributed by atoms with van der Waals surface area (Å²) in [6.45, 7) is 5.67. The summed E-state index contributed by atoms with van der Waals surface area (Å²) in [6.07, 6.45) is 2.76. The Morgan fingerprint density at radius 1 is 0.345 bits per heavy atom. The molecule has 3 saturated heterocycles. The van der Waals surface area contributed by atoms with Crippen molar-refractivity contribution >= 4 is 126 Å². The number of carbonyl (C=O) groups is 3. The van der Waals surface area contributed by atoms with E-state index in [1.54, 1.807) is 73.2 Å². The third-order valence-corrected chi connectivity index (χ3v) is 17.9. The molecule has 110 heavy (non-hydrogen) atoms. The van der Waals surface area contributed by atoms with Gasteiger partial charge in [-0.15, -0.1) is 0 Å². The number of amides is 6. The van der Waals surface area contributed by atoms with E-state index >= 15 is 0 Å². The topological polar surface area (TPSA) is 238 Å². The van der Waals surface area contributed by atoms with Crippen molar-refractivity contribution in [2.45, 2.75) is 50.9 Å². The number of nitrogens with one attached hydrogen (secondary N) is 6. The molecule has 6 amide bonds. The van der Waals surface area contributed by atoms with Crippen molar-refractivity contribution in [2.24, 2.45) is 0 Å². The Hall–Kier alpha value is -12.5. The number of halogens is 12. The van der Waals surface area contributed by atoms with Crippen LogP contribution in [0.4, 0.5) is 110 Å². The number of nitrogens with zero attached hydrogens (tertiary/aromatic N) is 9. The molecule has 15 rings (SSSR count). The van der Waals surface area contributed by atoms with Crippen LogP contribution in [0.25, 0.3) is 33.1 Å². The highest BCUT2D eigenvalue weighted by Crippen LogP contribution is 2.38. The van der Waals surface area contributed by atoms with Gasteiger partial charge in [-0.1, -0.05) is 29.3 Å². The minimum atomic E-state index is -4.69. The van der Waals surface area contributed by atoms with Crippen molar-refractivity contribution in [3.63, 3.8) is 0 Å². The highest BCUT2D eigenvalue weighted by atomic mass is 35.5. The fourth-order valence-corrected chi connectivity index (χ4v) is 12.2. The summed E-state index contributed by atoms with van der Waals surface area (Å²) in [5, 5.41) is 13.3. The first-order valence-electron chi connectivity index (χ1n) is 34.1. The molecule has 0 saturated carbocycles. The molecule has 3 aromatic heterocycles. The standard InChI is InChI=1S/C26H20ClF4N5O2.C26H21F4N5O2.C25H20ClF2N5O2/c27-19-6-3-15(11-18(19)26(29,30)31)33-25(37)35-21-7-4-16(12-20(21)28)38-17-5-8-22-23(13-17)34-24(14-32-22)36-9-1-2-10-36;27-20-13-18(6-8-21(20)34-25(36)32-17-5-3-4-16(12-17)26(28,29)30)37-19-7-9-22-23(14-19)33-24(15-31-22)35-10-1-2-11-35;26-18-6-3-15(11-19(18)27)30-25(34)32-21-7-4-16(12-20(21)28)35-17-5-8-22-23(13-17)31-24(14-29-22)33-9-1-2-10-33/h3-8,11-14H,1-2,9-10H2,(H2,33,35,37);3-9,12-15H,1-2,10-11H2,(H2,32,34,36);3-8,11-14H,1-2,9-10H2,(H2,30,32,34). The quantitative estimate of drug-likeness (QED) is 0.0523. The number of hydrogen-bond donors (Lipinski definition) is 6. The summed E-state index contributed by atoms with van der Waals surface area (Å²) in [4.78, 5) is 70.6. The van der Waals surface area contributed by atoms with Crippen molar-refractivity contribution in [2.75, 3.05) is 85.9 Å². The third-order valence-electron chi connectivity index (χ3n) is 17.2. The van der Waals surface area contributed by atoms with Crippen LogP contribution in [-0.2, 0) is 12.4 Å². The molecule has 0 bridgehead atoms. The largest absolute Gasteiger partial charge is 0.457 e. The molecule has 12 aromatic rings. The van der Waals surface area contributed by atoms with Crippen LogP contribution < -0.4 is 60.8 Å². The summed E-state index contributed by atoms with van der Waals surface area (Å²) in [6, 6.07) is 35.6. The zero-order valence-corrected chi connectivity index (χ0v) is 58.9. The van der Waals surface area contributed by atoms with E-state index in [2.05, 4.69) is 71.5 Å². The molecule has 0 aliphatic carbocycles. The lowest BCUT2D eigenvalue weighted by molar-refractivity contribution is -0.138. The molecule has 564 valence electrons. The Morgan fingerprint density at radius 2 is 0.682 bits per heavy atom. The van der Waals surface area contributed by atoms with Crippen LogP contribution in [-0.4, -0.2) is 87.3 Å². The Kier molecular flexibility index (Phi) is 22.9. The maximum Gasteiger partial charge on any atom is 0.417 e. The van der Waals surface area contributed by atoms with Gasteiger partial charge < -0.3 is 60.8 Å². The second-order valence-electron chi connectivity index (χ2n) is 25.1. The Bertz CT molecular complexity index is 5430. The molecule has 3 aliphatic rings. The number of anilines is 9. The molecule has 0 unspecified atom stereocenters. The molecule has 6 heterocycles. The fraction of sp³-hybridized carbons (Fsp3) is 0.182. The third kappa shape index (κ3) is 19.4. The van der Waals surface area contributed by atoms with Gasteiger partial charge in [-0.2, -0.15) is 26.3 Å². The maximum absolute atomic E-state index is 14.7. The Labute approximate surface area is 629 Å². The van der Waals surface area contributed by atoms with E-state index in [0.29, 0.717) is 50.9 Å². The van der Waals surface area contributed by atoms with Gasteiger partial charge in [0.15, 0.2) is 0 Å². The number of rotatable bonds is 15. The lowest BCUT2D eigenvalue weighted by Gasteiger charge is -2.16. The molecule has 21 nitrogen and oxygen atoms in total. The Balaban J connectivity index is 0.000000145. The predicted molar refractivity (Wildman–Crippen MR) is 400 cm³/mol. The number of urea groups is 3. The first-order chi connectivity index (χ1) is 52.8. The molecule has 3 fully saturated rings. The zero-order chi connectivity index (χ0) is 77.2. The number of benzene rings is 9. The van der Waals surface area contributed by atoms with Crippen molar-refractivity contribution < 1.29 is 72.5 Å². The van der Waals surface area contributed by atoms with E-state index in [9.17, 15) is 58.3 Å². The molecule has 6 N–H and O–H groups in total. The summed E-state index contributed by atoms with van der Waals surface area (Å²) in [7, 11) is 0. The number of carbonyl (C=O) groups excluding carboxylic acids is 3. The number of alkyl halides is 6. The van der Waals surface area contributed by atoms with Crippen molar-refractivity contribution in [3.05, 3.63) is 233 Å². The van der Waals surface area contributed by atoms with Crippen molar-refractivity contribution in [1.82, 2.24) is 29.9 Å². The van der Waals surface area contributed by atoms with E-state index in [4.69, 9.17) is 42.4 Å². The molecule has 3 aliphatic heterocycles. The molecular formula is C77H61Cl2F10N15O6.